The maximum atomic E-state index is 11.2. The maximum absolute atomic E-state index is 11.2. The third-order valence-electron chi connectivity index (χ3n) is 3.99. The Bertz CT molecular complexity index is 654. The lowest BCUT2D eigenvalue weighted by Gasteiger charge is -2.14. The Morgan fingerprint density at radius 3 is 2.76 bits per heavy atom. The summed E-state index contributed by atoms with van der Waals surface area (Å²) in [6.07, 6.45) is 1.58. The van der Waals surface area contributed by atoms with Gasteiger partial charge in [0, 0.05) is 30.9 Å². The fourth-order valence-corrected chi connectivity index (χ4v) is 2.88. The van der Waals surface area contributed by atoms with E-state index in [0.717, 1.165) is 30.6 Å². The van der Waals surface area contributed by atoms with Gasteiger partial charge < -0.3 is 15.4 Å². The molecule has 110 valence electrons. The van der Waals surface area contributed by atoms with Crippen molar-refractivity contribution in [3.05, 3.63) is 42.0 Å². The second kappa shape index (κ2) is 6.14. The molecule has 1 aliphatic heterocycles. The molecule has 0 spiro atoms. The van der Waals surface area contributed by atoms with E-state index in [2.05, 4.69) is 28.8 Å². The number of ether oxygens (including phenoxy) is 1. The van der Waals surface area contributed by atoms with Crippen LogP contribution in [0.2, 0.25) is 0 Å². The topological polar surface area (TPSA) is 50.4 Å². The molecule has 3 rings (SSSR count). The van der Waals surface area contributed by atoms with E-state index in [9.17, 15) is 4.79 Å². The van der Waals surface area contributed by atoms with Gasteiger partial charge in [-0.1, -0.05) is 30.3 Å². The number of rotatable bonds is 5. The van der Waals surface area contributed by atoms with Crippen molar-refractivity contribution in [2.24, 2.45) is 0 Å². The van der Waals surface area contributed by atoms with Gasteiger partial charge in [0.2, 0.25) is 5.91 Å². The summed E-state index contributed by atoms with van der Waals surface area (Å²) in [6.45, 7) is 1.60. The smallest absolute Gasteiger partial charge is 0.220 e. The van der Waals surface area contributed by atoms with E-state index in [1.165, 1.54) is 10.9 Å². The molecule has 21 heavy (non-hydrogen) atoms. The first-order valence-corrected chi connectivity index (χ1v) is 7.32. The highest BCUT2D eigenvalue weighted by molar-refractivity contribution is 5.91. The van der Waals surface area contributed by atoms with Crippen molar-refractivity contribution >= 4 is 16.7 Å². The van der Waals surface area contributed by atoms with Gasteiger partial charge in [0.25, 0.3) is 0 Å². The van der Waals surface area contributed by atoms with Crippen LogP contribution >= 0.6 is 0 Å². The van der Waals surface area contributed by atoms with Gasteiger partial charge in [-0.3, -0.25) is 4.79 Å². The molecular weight excluding hydrogens is 264 g/mol. The van der Waals surface area contributed by atoms with Crippen LogP contribution in [0.15, 0.2) is 36.4 Å². The number of amides is 1. The Morgan fingerprint density at radius 1 is 1.24 bits per heavy atom. The van der Waals surface area contributed by atoms with E-state index in [-0.39, 0.29) is 11.9 Å². The van der Waals surface area contributed by atoms with Crippen molar-refractivity contribution in [3.63, 3.8) is 0 Å². The van der Waals surface area contributed by atoms with Crippen LogP contribution in [0, 0.1) is 0 Å². The fraction of sp³-hybridized carbons (Fsp3) is 0.353. The molecule has 2 aromatic carbocycles. The lowest BCUT2D eigenvalue weighted by molar-refractivity contribution is -0.119. The molecule has 1 heterocycles. The first-order chi connectivity index (χ1) is 10.3. The molecule has 1 atom stereocenters. The van der Waals surface area contributed by atoms with Crippen LogP contribution in [0.1, 0.15) is 18.4 Å². The zero-order valence-electron chi connectivity index (χ0n) is 12.2. The number of nitrogens with one attached hydrogen (secondary N) is 2. The molecule has 0 aliphatic carbocycles. The third kappa shape index (κ3) is 3.00. The average Bonchev–Trinajstić information content (AvgIpc) is 2.93. The van der Waals surface area contributed by atoms with Crippen molar-refractivity contribution in [2.75, 3.05) is 13.7 Å². The largest absolute Gasteiger partial charge is 0.496 e. The average molecular weight is 284 g/mol. The number of fused-ring (bicyclic) bond motifs is 1. The summed E-state index contributed by atoms with van der Waals surface area (Å²) < 4.78 is 5.41. The normalized spacial score (nSPS) is 18.0. The summed E-state index contributed by atoms with van der Waals surface area (Å²) in [5.74, 6) is 1.06. The molecule has 4 heteroatoms. The van der Waals surface area contributed by atoms with Crippen LogP contribution in [0.5, 0.6) is 5.75 Å². The van der Waals surface area contributed by atoms with E-state index in [1.807, 2.05) is 18.2 Å². The molecule has 2 aromatic rings. The second-order valence-corrected chi connectivity index (χ2v) is 5.41. The minimum absolute atomic E-state index is 0.164. The van der Waals surface area contributed by atoms with Gasteiger partial charge in [0.1, 0.15) is 5.75 Å². The fourth-order valence-electron chi connectivity index (χ4n) is 2.88. The molecule has 1 aliphatic rings. The third-order valence-corrected chi connectivity index (χ3v) is 3.99. The summed E-state index contributed by atoms with van der Waals surface area (Å²) in [4.78, 5) is 11.2. The standard InChI is InChI=1S/C17H20N2O2/c1-21-16-8-6-12(14-4-2-3-5-15(14)16)10-18-11-13-7-9-17(20)19-13/h2-6,8,13,18H,7,9-11H2,1H3,(H,19,20). The number of hydrogen-bond acceptors (Lipinski definition) is 3. The van der Waals surface area contributed by atoms with Crippen LogP contribution in [-0.2, 0) is 11.3 Å². The Kier molecular flexibility index (Phi) is 4.06. The highest BCUT2D eigenvalue weighted by atomic mass is 16.5. The molecule has 1 unspecified atom stereocenters. The zero-order valence-corrected chi connectivity index (χ0v) is 12.2. The number of carbonyl (C=O) groups excluding carboxylic acids is 1. The van der Waals surface area contributed by atoms with Crippen molar-refractivity contribution in [2.45, 2.75) is 25.4 Å². The molecule has 0 saturated carbocycles. The van der Waals surface area contributed by atoms with E-state index in [4.69, 9.17) is 4.74 Å². The van der Waals surface area contributed by atoms with Crippen molar-refractivity contribution in [1.82, 2.24) is 10.6 Å². The van der Waals surface area contributed by atoms with E-state index in [0.29, 0.717) is 6.42 Å². The Morgan fingerprint density at radius 2 is 2.05 bits per heavy atom. The zero-order chi connectivity index (χ0) is 14.7. The Labute approximate surface area is 124 Å². The lowest BCUT2D eigenvalue weighted by atomic mass is 10.0. The summed E-state index contributed by atoms with van der Waals surface area (Å²) >= 11 is 0. The van der Waals surface area contributed by atoms with Crippen LogP contribution in [-0.4, -0.2) is 25.6 Å². The van der Waals surface area contributed by atoms with E-state index >= 15 is 0 Å². The molecule has 0 aromatic heterocycles. The monoisotopic (exact) mass is 284 g/mol. The minimum Gasteiger partial charge on any atom is -0.496 e. The van der Waals surface area contributed by atoms with Gasteiger partial charge in [-0.2, -0.15) is 0 Å². The summed E-state index contributed by atoms with van der Waals surface area (Å²) in [6, 6.07) is 12.6. The molecule has 0 bridgehead atoms. The molecule has 2 N–H and O–H groups in total. The van der Waals surface area contributed by atoms with Gasteiger partial charge in [0.05, 0.1) is 7.11 Å². The SMILES string of the molecule is COc1ccc(CNCC2CCC(=O)N2)c2ccccc12. The molecule has 1 saturated heterocycles. The van der Waals surface area contributed by atoms with E-state index < -0.39 is 0 Å². The predicted octanol–water partition coefficient (Wildman–Crippen LogP) is 2.22. The summed E-state index contributed by atoms with van der Waals surface area (Å²) in [5, 5.41) is 8.75. The number of carbonyl (C=O) groups is 1. The quantitative estimate of drug-likeness (QED) is 0.885. The summed E-state index contributed by atoms with van der Waals surface area (Å²) in [7, 11) is 1.70. The molecule has 1 fully saturated rings. The Balaban J connectivity index is 1.71. The lowest BCUT2D eigenvalue weighted by Crippen LogP contribution is -2.35. The minimum atomic E-state index is 0.164. The van der Waals surface area contributed by atoms with Crippen molar-refractivity contribution in [3.8, 4) is 5.75 Å². The molecular formula is C17H20N2O2. The summed E-state index contributed by atoms with van der Waals surface area (Å²) in [5.41, 5.74) is 1.25. The molecule has 0 radical (unpaired) electrons. The molecule has 1 amide bonds. The highest BCUT2D eigenvalue weighted by Gasteiger charge is 2.19. The number of hydrogen-bond donors (Lipinski definition) is 2. The number of benzene rings is 2. The predicted molar refractivity (Wildman–Crippen MR) is 83.4 cm³/mol. The van der Waals surface area contributed by atoms with Gasteiger partial charge in [0.15, 0.2) is 0 Å². The van der Waals surface area contributed by atoms with Crippen molar-refractivity contribution in [1.29, 1.82) is 0 Å². The molecule has 4 nitrogen and oxygen atoms in total. The van der Waals surface area contributed by atoms with Crippen LogP contribution in [0.25, 0.3) is 10.8 Å². The second-order valence-electron chi connectivity index (χ2n) is 5.41. The van der Waals surface area contributed by atoms with Gasteiger partial charge in [-0.15, -0.1) is 0 Å². The van der Waals surface area contributed by atoms with Gasteiger partial charge >= 0.3 is 0 Å². The number of methoxy groups -OCH3 is 1. The highest BCUT2D eigenvalue weighted by Crippen LogP contribution is 2.28. The van der Waals surface area contributed by atoms with Gasteiger partial charge in [-0.05, 0) is 23.4 Å². The van der Waals surface area contributed by atoms with Crippen LogP contribution < -0.4 is 15.4 Å². The van der Waals surface area contributed by atoms with Crippen LogP contribution in [0.3, 0.4) is 0 Å². The Hall–Kier alpha value is -2.07. The van der Waals surface area contributed by atoms with Crippen LogP contribution in [0.4, 0.5) is 0 Å². The van der Waals surface area contributed by atoms with E-state index in [1.54, 1.807) is 7.11 Å². The van der Waals surface area contributed by atoms with Gasteiger partial charge in [-0.25, -0.2) is 0 Å². The maximum Gasteiger partial charge on any atom is 0.220 e. The first kappa shape index (κ1) is 13.9. The van der Waals surface area contributed by atoms with Crippen molar-refractivity contribution < 1.29 is 9.53 Å². The first-order valence-electron chi connectivity index (χ1n) is 7.32.